The minimum Gasteiger partial charge on any atom is -0.383 e. The number of anilines is 1. The van der Waals surface area contributed by atoms with Crippen LogP contribution >= 0.6 is 0 Å². The predicted molar refractivity (Wildman–Crippen MR) is 112 cm³/mol. The molecule has 1 aliphatic rings. The number of primary amides is 1. The summed E-state index contributed by atoms with van der Waals surface area (Å²) >= 11 is 0. The maximum atomic E-state index is 11.8. The highest BCUT2D eigenvalue weighted by Crippen LogP contribution is 2.18. The fraction of sp³-hybridized carbons (Fsp3) is 0.333. The van der Waals surface area contributed by atoms with Gasteiger partial charge in [0.15, 0.2) is 5.69 Å². The van der Waals surface area contributed by atoms with Crippen LogP contribution in [0.15, 0.2) is 30.5 Å². The first-order chi connectivity index (χ1) is 14.1. The molecule has 1 fully saturated rings. The smallest absolute Gasteiger partial charge is 0.271 e. The van der Waals surface area contributed by atoms with Gasteiger partial charge in [-0.3, -0.25) is 14.4 Å². The summed E-state index contributed by atoms with van der Waals surface area (Å²) in [5, 5.41) is 15.6. The molecule has 1 atom stereocenters. The van der Waals surface area contributed by atoms with E-state index in [1.54, 1.807) is 45.2 Å². The lowest BCUT2D eigenvalue weighted by atomic mass is 10.2. The number of terminal acetylenes is 1. The van der Waals surface area contributed by atoms with Crippen LogP contribution < -0.4 is 11.1 Å². The summed E-state index contributed by atoms with van der Waals surface area (Å²) in [6, 6.07) is 7.09. The van der Waals surface area contributed by atoms with E-state index in [0.717, 1.165) is 0 Å². The van der Waals surface area contributed by atoms with Gasteiger partial charge >= 0.3 is 0 Å². The second kappa shape index (κ2) is 9.71. The summed E-state index contributed by atoms with van der Waals surface area (Å²) in [6.45, 7) is 4.19. The molecule has 9 heteroatoms. The predicted octanol–water partition coefficient (Wildman–Crippen LogP) is 0.756. The maximum Gasteiger partial charge on any atom is 0.271 e. The van der Waals surface area contributed by atoms with Gasteiger partial charge in [-0.2, -0.15) is 5.10 Å². The first-order valence-electron chi connectivity index (χ1n) is 9.34. The molecule has 1 aromatic carbocycles. The third-order valence-electron chi connectivity index (χ3n) is 4.41. The van der Waals surface area contributed by atoms with Crippen LogP contribution in [-0.4, -0.2) is 57.2 Å². The fourth-order valence-corrected chi connectivity index (χ4v) is 2.60. The van der Waals surface area contributed by atoms with Crippen molar-refractivity contribution in [2.45, 2.75) is 26.4 Å². The third-order valence-corrected chi connectivity index (χ3v) is 4.41. The Morgan fingerprint density at radius 3 is 2.57 bits per heavy atom. The second-order valence-electron chi connectivity index (χ2n) is 7.10. The Bertz CT molecular complexity index is 978. The van der Waals surface area contributed by atoms with Gasteiger partial charge in [-0.25, -0.2) is 4.68 Å². The fourth-order valence-electron chi connectivity index (χ4n) is 2.60. The highest BCUT2D eigenvalue weighted by Gasteiger charge is 2.26. The molecule has 1 aromatic heterocycles. The summed E-state index contributed by atoms with van der Waals surface area (Å²) in [5.41, 5.74) is 6.94. The molecule has 0 bridgehead atoms. The van der Waals surface area contributed by atoms with Crippen molar-refractivity contribution >= 4 is 23.4 Å². The van der Waals surface area contributed by atoms with Crippen molar-refractivity contribution in [3.05, 3.63) is 41.7 Å². The Hall–Kier alpha value is -3.64. The monoisotopic (exact) mass is 411 g/mol. The number of aliphatic hydroxyl groups excluding tert-OH is 1. The molecule has 1 saturated heterocycles. The van der Waals surface area contributed by atoms with Crippen molar-refractivity contribution in [1.82, 2.24) is 14.7 Å². The third kappa shape index (κ3) is 5.46. The first-order valence-corrected chi connectivity index (χ1v) is 9.34. The van der Waals surface area contributed by atoms with E-state index in [-0.39, 0.29) is 29.1 Å². The quantitative estimate of drug-likeness (QED) is 0.639. The van der Waals surface area contributed by atoms with Crippen LogP contribution in [0.5, 0.6) is 0 Å². The van der Waals surface area contributed by atoms with Gasteiger partial charge in [-0.05, 0) is 24.6 Å². The molecule has 0 unspecified atom stereocenters. The lowest BCUT2D eigenvalue weighted by molar-refractivity contribution is -0.133. The molecule has 9 nitrogen and oxygen atoms in total. The number of nitrogens with zero attached hydrogens (tertiary/aromatic N) is 3. The number of nitrogens with one attached hydrogen (secondary N) is 1. The molecule has 1 aliphatic heterocycles. The van der Waals surface area contributed by atoms with Crippen LogP contribution in [0.4, 0.5) is 5.69 Å². The van der Waals surface area contributed by atoms with Gasteiger partial charge in [-0.1, -0.05) is 25.8 Å². The molecule has 2 heterocycles. The van der Waals surface area contributed by atoms with Gasteiger partial charge in [0.25, 0.3) is 11.8 Å². The summed E-state index contributed by atoms with van der Waals surface area (Å²) in [6.07, 6.45) is 6.78. The minimum absolute atomic E-state index is 0.000103. The number of rotatable bonds is 4. The number of carbonyl (C=O) groups is 3. The van der Waals surface area contributed by atoms with Gasteiger partial charge in [0, 0.05) is 25.1 Å². The molecule has 3 amide bonds. The molecule has 0 saturated carbocycles. The molecule has 30 heavy (non-hydrogen) atoms. The Balaban J connectivity index is 0.000000335. The number of hydrogen-bond acceptors (Lipinski definition) is 5. The van der Waals surface area contributed by atoms with E-state index in [1.165, 1.54) is 15.8 Å². The van der Waals surface area contributed by atoms with Crippen molar-refractivity contribution in [2.24, 2.45) is 11.7 Å². The number of hydrogen-bond donors (Lipinski definition) is 3. The Kier molecular flexibility index (Phi) is 7.33. The number of benzene rings is 1. The van der Waals surface area contributed by atoms with E-state index in [4.69, 9.17) is 17.3 Å². The van der Waals surface area contributed by atoms with Crippen molar-refractivity contribution in [1.29, 1.82) is 0 Å². The molecule has 0 radical (unpaired) electrons. The topological polar surface area (TPSA) is 131 Å². The lowest BCUT2D eigenvalue weighted by Gasteiger charge is -2.05. The Morgan fingerprint density at radius 2 is 2.10 bits per heavy atom. The molecule has 158 valence electrons. The van der Waals surface area contributed by atoms with Gasteiger partial charge in [0.05, 0.1) is 17.6 Å². The minimum atomic E-state index is -0.722. The first kappa shape index (κ1) is 22.6. The molecule has 2 aromatic rings. The van der Waals surface area contributed by atoms with Crippen molar-refractivity contribution < 1.29 is 19.5 Å². The van der Waals surface area contributed by atoms with Crippen molar-refractivity contribution in [3.63, 3.8) is 0 Å². The van der Waals surface area contributed by atoms with Crippen molar-refractivity contribution in [3.8, 4) is 18.0 Å². The number of aromatic nitrogens is 2. The standard InChI is InChI=1S/C16H16N4O2.C5H9NO2/c1-4-11-6-5-7-12(8-11)20-9-13(14(19-20)15(17)21)18-16(22)10(2)3;1-6-3-2-4(7)5(6)8/h1,5-10H,2-3H3,(H2,17,21)(H,18,22);4,7H,2-3H2,1H3/t;4-/m.0/s1. The molecular formula is C21H25N5O4. The van der Waals surface area contributed by atoms with E-state index in [9.17, 15) is 14.4 Å². The zero-order chi connectivity index (χ0) is 22.4. The van der Waals surface area contributed by atoms with E-state index in [0.29, 0.717) is 24.2 Å². The van der Waals surface area contributed by atoms with Gasteiger partial charge < -0.3 is 21.1 Å². The van der Waals surface area contributed by atoms with Crippen LogP contribution in [0.25, 0.3) is 5.69 Å². The van der Waals surface area contributed by atoms with E-state index < -0.39 is 12.0 Å². The van der Waals surface area contributed by atoms with Crippen LogP contribution in [0, 0.1) is 18.3 Å². The van der Waals surface area contributed by atoms with Crippen LogP contribution in [0.2, 0.25) is 0 Å². The highest BCUT2D eigenvalue weighted by molar-refractivity contribution is 6.01. The molecule has 0 aliphatic carbocycles. The number of likely N-dealkylation sites (N-methyl/N-ethyl adjacent to an activating group) is 1. The lowest BCUT2D eigenvalue weighted by Crippen LogP contribution is -2.24. The zero-order valence-corrected chi connectivity index (χ0v) is 17.1. The van der Waals surface area contributed by atoms with Crippen LogP contribution in [0.3, 0.4) is 0 Å². The molecule has 0 spiro atoms. The van der Waals surface area contributed by atoms with Crippen LogP contribution in [-0.2, 0) is 9.59 Å². The SMILES string of the molecule is C#Cc1cccc(-n2cc(NC(=O)C(C)C)c(C(N)=O)n2)c1.CN1CC[C@H](O)C1=O. The van der Waals surface area contributed by atoms with Gasteiger partial charge in [-0.15, -0.1) is 6.42 Å². The number of amides is 3. The summed E-state index contributed by atoms with van der Waals surface area (Å²) in [4.78, 5) is 35.4. The largest absolute Gasteiger partial charge is 0.383 e. The number of nitrogens with two attached hydrogens (primary N) is 1. The van der Waals surface area contributed by atoms with Crippen LogP contribution in [0.1, 0.15) is 36.3 Å². The van der Waals surface area contributed by atoms with E-state index in [2.05, 4.69) is 16.3 Å². The normalized spacial score (nSPS) is 15.4. The Morgan fingerprint density at radius 1 is 1.40 bits per heavy atom. The molecular weight excluding hydrogens is 386 g/mol. The molecule has 3 rings (SSSR count). The summed E-state index contributed by atoms with van der Waals surface area (Å²) in [5.74, 6) is 1.21. The summed E-state index contributed by atoms with van der Waals surface area (Å²) < 4.78 is 1.46. The number of aliphatic hydroxyl groups is 1. The Labute approximate surface area is 174 Å². The highest BCUT2D eigenvalue weighted by atomic mass is 16.3. The van der Waals surface area contributed by atoms with E-state index >= 15 is 0 Å². The van der Waals surface area contributed by atoms with Gasteiger partial charge in [0.2, 0.25) is 5.91 Å². The average molecular weight is 411 g/mol. The van der Waals surface area contributed by atoms with Gasteiger partial charge in [0.1, 0.15) is 6.10 Å². The van der Waals surface area contributed by atoms with E-state index in [1.807, 2.05) is 0 Å². The molecule has 4 N–H and O–H groups in total. The number of likely N-dealkylation sites (tertiary alicyclic amines) is 1. The zero-order valence-electron chi connectivity index (χ0n) is 17.1. The second-order valence-corrected chi connectivity index (χ2v) is 7.10. The average Bonchev–Trinajstić information content (AvgIpc) is 3.27. The summed E-state index contributed by atoms with van der Waals surface area (Å²) in [7, 11) is 1.69. The maximum absolute atomic E-state index is 11.8. The number of carbonyl (C=O) groups excluding carboxylic acids is 3. The van der Waals surface area contributed by atoms with Crippen molar-refractivity contribution in [2.75, 3.05) is 18.9 Å².